The van der Waals surface area contributed by atoms with Gasteiger partial charge in [-0.15, -0.1) is 11.3 Å². The summed E-state index contributed by atoms with van der Waals surface area (Å²) in [6.07, 6.45) is 1.59. The molecule has 0 unspecified atom stereocenters. The minimum atomic E-state index is -0.343. The Hall–Kier alpha value is -3.13. The number of nitrogens with zero attached hydrogens (tertiary/aromatic N) is 1. The van der Waals surface area contributed by atoms with Gasteiger partial charge in [0.15, 0.2) is 5.13 Å². The van der Waals surface area contributed by atoms with Crippen molar-refractivity contribution in [2.75, 3.05) is 19.0 Å². The molecular formula is C23H26N2O5S. The SMILES string of the molecule is CCOC(=O)Cc1csc(NC(=O)/C=C(\C)c2cc3c(C)c(C)oc3c(C)c2OC)n1. The lowest BCUT2D eigenvalue weighted by Crippen LogP contribution is -2.10. The molecule has 0 radical (unpaired) electrons. The standard InChI is InChI=1S/C23H26N2O5S/c1-7-29-20(27)9-16-11-31-23(24-16)25-19(26)8-12(2)17-10-18-13(3)15(5)30-22(18)14(4)21(17)28-6/h8,10-11H,7,9H2,1-6H3,(H,24,25,26)/b12-8+. The minimum absolute atomic E-state index is 0.0784. The number of nitrogens with one attached hydrogen (secondary N) is 1. The third kappa shape index (κ3) is 4.80. The summed E-state index contributed by atoms with van der Waals surface area (Å²) < 4.78 is 16.4. The number of hydrogen-bond donors (Lipinski definition) is 1. The first-order chi connectivity index (χ1) is 14.7. The van der Waals surface area contributed by atoms with E-state index in [9.17, 15) is 9.59 Å². The van der Waals surface area contributed by atoms with Crippen LogP contribution in [0.15, 0.2) is 21.9 Å². The van der Waals surface area contributed by atoms with Crippen LogP contribution in [0.25, 0.3) is 16.5 Å². The average Bonchev–Trinajstić information content (AvgIpc) is 3.26. The fourth-order valence-electron chi connectivity index (χ4n) is 3.39. The quantitative estimate of drug-likeness (QED) is 0.410. The summed E-state index contributed by atoms with van der Waals surface area (Å²) in [7, 11) is 1.61. The summed E-state index contributed by atoms with van der Waals surface area (Å²) in [5, 5.41) is 5.91. The van der Waals surface area contributed by atoms with Gasteiger partial charge in [0.2, 0.25) is 5.91 Å². The molecule has 0 aliphatic heterocycles. The number of furan rings is 1. The molecule has 8 heteroatoms. The van der Waals surface area contributed by atoms with E-state index < -0.39 is 0 Å². The number of ether oxygens (including phenoxy) is 2. The van der Waals surface area contributed by atoms with E-state index in [0.717, 1.165) is 39.0 Å². The van der Waals surface area contributed by atoms with Crippen LogP contribution in [0, 0.1) is 20.8 Å². The number of rotatable bonds is 7. The lowest BCUT2D eigenvalue weighted by Gasteiger charge is -2.13. The zero-order chi connectivity index (χ0) is 22.7. The largest absolute Gasteiger partial charge is 0.496 e. The van der Waals surface area contributed by atoms with Crippen LogP contribution in [-0.4, -0.2) is 30.6 Å². The van der Waals surface area contributed by atoms with E-state index in [1.807, 2.05) is 33.8 Å². The van der Waals surface area contributed by atoms with Crippen molar-refractivity contribution < 1.29 is 23.5 Å². The number of aromatic nitrogens is 1. The molecule has 3 rings (SSSR count). The molecule has 0 bridgehead atoms. The van der Waals surface area contributed by atoms with E-state index in [4.69, 9.17) is 13.9 Å². The maximum atomic E-state index is 12.6. The third-order valence-electron chi connectivity index (χ3n) is 5.04. The van der Waals surface area contributed by atoms with Crippen molar-refractivity contribution in [2.24, 2.45) is 0 Å². The second-order valence-electron chi connectivity index (χ2n) is 7.18. The second kappa shape index (κ2) is 9.34. The Morgan fingerprint density at radius 1 is 1.26 bits per heavy atom. The molecule has 0 aliphatic rings. The Morgan fingerprint density at radius 2 is 2.00 bits per heavy atom. The van der Waals surface area contributed by atoms with E-state index in [0.29, 0.717) is 23.2 Å². The van der Waals surface area contributed by atoms with Crippen LogP contribution < -0.4 is 10.1 Å². The van der Waals surface area contributed by atoms with Gasteiger partial charge in [-0.25, -0.2) is 4.98 Å². The lowest BCUT2D eigenvalue weighted by atomic mass is 9.98. The van der Waals surface area contributed by atoms with Gasteiger partial charge < -0.3 is 13.9 Å². The highest BCUT2D eigenvalue weighted by Gasteiger charge is 2.18. The van der Waals surface area contributed by atoms with Crippen molar-refractivity contribution in [3.05, 3.63) is 45.7 Å². The van der Waals surface area contributed by atoms with Crippen molar-refractivity contribution in [3.8, 4) is 5.75 Å². The molecule has 0 saturated carbocycles. The van der Waals surface area contributed by atoms with Gasteiger partial charge in [0.1, 0.15) is 17.1 Å². The van der Waals surface area contributed by atoms with Crippen LogP contribution in [0.4, 0.5) is 5.13 Å². The number of aryl methyl sites for hydroxylation is 3. The molecule has 1 aromatic carbocycles. The molecule has 0 atom stereocenters. The van der Waals surface area contributed by atoms with E-state index in [-0.39, 0.29) is 18.3 Å². The van der Waals surface area contributed by atoms with Crippen molar-refractivity contribution in [1.82, 2.24) is 4.98 Å². The fourth-order valence-corrected chi connectivity index (χ4v) is 4.10. The molecule has 1 amide bonds. The van der Waals surface area contributed by atoms with E-state index >= 15 is 0 Å². The van der Waals surface area contributed by atoms with Gasteiger partial charge in [-0.1, -0.05) is 0 Å². The number of amides is 1. The average molecular weight is 443 g/mol. The van der Waals surface area contributed by atoms with Gasteiger partial charge in [-0.3, -0.25) is 14.9 Å². The summed E-state index contributed by atoms with van der Waals surface area (Å²) >= 11 is 1.26. The number of hydrogen-bond acceptors (Lipinski definition) is 7. The highest BCUT2D eigenvalue weighted by atomic mass is 32.1. The molecule has 31 heavy (non-hydrogen) atoms. The Kier molecular flexibility index (Phi) is 6.80. The first-order valence-corrected chi connectivity index (χ1v) is 10.8. The summed E-state index contributed by atoms with van der Waals surface area (Å²) in [5.41, 5.74) is 4.89. The van der Waals surface area contributed by atoms with Crippen LogP contribution in [-0.2, 0) is 20.7 Å². The second-order valence-corrected chi connectivity index (χ2v) is 8.04. The maximum Gasteiger partial charge on any atom is 0.311 e. The molecule has 0 aliphatic carbocycles. The van der Waals surface area contributed by atoms with Crippen molar-refractivity contribution in [2.45, 2.75) is 41.0 Å². The summed E-state index contributed by atoms with van der Waals surface area (Å²) in [6.45, 7) is 9.83. The maximum absolute atomic E-state index is 12.6. The molecule has 0 saturated heterocycles. The first-order valence-electron chi connectivity index (χ1n) is 9.92. The van der Waals surface area contributed by atoms with Gasteiger partial charge >= 0.3 is 5.97 Å². The van der Waals surface area contributed by atoms with Gasteiger partial charge in [0.25, 0.3) is 0 Å². The Morgan fingerprint density at radius 3 is 2.68 bits per heavy atom. The lowest BCUT2D eigenvalue weighted by molar-refractivity contribution is -0.142. The van der Waals surface area contributed by atoms with Gasteiger partial charge in [0, 0.05) is 28.0 Å². The molecule has 0 fully saturated rings. The number of benzene rings is 1. The first kappa shape index (κ1) is 22.6. The van der Waals surface area contributed by atoms with E-state index in [1.54, 1.807) is 19.4 Å². The van der Waals surface area contributed by atoms with Gasteiger partial charge in [0.05, 0.1) is 25.8 Å². The summed E-state index contributed by atoms with van der Waals surface area (Å²) in [6, 6.07) is 1.99. The summed E-state index contributed by atoms with van der Waals surface area (Å²) in [5.74, 6) is 0.881. The molecule has 7 nitrogen and oxygen atoms in total. The molecule has 0 spiro atoms. The Bertz CT molecular complexity index is 1170. The summed E-state index contributed by atoms with van der Waals surface area (Å²) in [4.78, 5) is 28.4. The number of allylic oxidation sites excluding steroid dienone is 1. The molecular weight excluding hydrogens is 416 g/mol. The number of thiazole rings is 1. The monoisotopic (exact) mass is 442 g/mol. The molecule has 164 valence electrons. The van der Waals surface area contributed by atoms with Crippen LogP contribution in [0.3, 0.4) is 0 Å². The number of anilines is 1. The predicted molar refractivity (Wildman–Crippen MR) is 122 cm³/mol. The number of fused-ring (bicyclic) bond motifs is 1. The molecule has 2 heterocycles. The van der Waals surface area contributed by atoms with Gasteiger partial charge in [-0.05, 0) is 51.8 Å². The van der Waals surface area contributed by atoms with Crippen LogP contribution in [0.5, 0.6) is 5.75 Å². The fraction of sp³-hybridized carbons (Fsp3) is 0.348. The molecule has 1 N–H and O–H groups in total. The van der Waals surface area contributed by atoms with Crippen LogP contribution in [0.1, 0.15) is 42.0 Å². The van der Waals surface area contributed by atoms with Crippen molar-refractivity contribution in [3.63, 3.8) is 0 Å². The topological polar surface area (TPSA) is 90.7 Å². The Labute approximate surface area is 185 Å². The highest BCUT2D eigenvalue weighted by Crippen LogP contribution is 2.38. The minimum Gasteiger partial charge on any atom is -0.496 e. The Balaban J connectivity index is 1.83. The normalized spacial score (nSPS) is 11.6. The van der Waals surface area contributed by atoms with Crippen LogP contribution in [0.2, 0.25) is 0 Å². The number of carbonyl (C=O) groups is 2. The van der Waals surface area contributed by atoms with Crippen LogP contribution >= 0.6 is 11.3 Å². The third-order valence-corrected chi connectivity index (χ3v) is 5.84. The van der Waals surface area contributed by atoms with Gasteiger partial charge in [-0.2, -0.15) is 0 Å². The van der Waals surface area contributed by atoms with Crippen molar-refractivity contribution >= 4 is 44.9 Å². The molecule has 3 aromatic rings. The smallest absolute Gasteiger partial charge is 0.311 e. The predicted octanol–water partition coefficient (Wildman–Crippen LogP) is 4.97. The molecule has 2 aromatic heterocycles. The van der Waals surface area contributed by atoms with E-state index in [2.05, 4.69) is 10.3 Å². The highest BCUT2D eigenvalue weighted by molar-refractivity contribution is 7.14. The van der Waals surface area contributed by atoms with E-state index in [1.165, 1.54) is 17.4 Å². The van der Waals surface area contributed by atoms with Crippen molar-refractivity contribution in [1.29, 1.82) is 0 Å². The zero-order valence-electron chi connectivity index (χ0n) is 18.5. The number of esters is 1. The zero-order valence-corrected chi connectivity index (χ0v) is 19.4. The number of carbonyl (C=O) groups excluding carboxylic acids is 2. The number of methoxy groups -OCH3 is 1.